The van der Waals surface area contributed by atoms with E-state index in [2.05, 4.69) is 5.32 Å². The molecule has 6 heteroatoms. The Labute approximate surface area is 158 Å². The minimum atomic E-state index is -0.240. The molecule has 1 atom stereocenters. The van der Waals surface area contributed by atoms with Gasteiger partial charge in [0.05, 0.1) is 6.10 Å². The van der Waals surface area contributed by atoms with Crippen molar-refractivity contribution in [3.63, 3.8) is 0 Å². The van der Waals surface area contributed by atoms with Crippen molar-refractivity contribution in [1.82, 2.24) is 0 Å². The third-order valence-corrected chi connectivity index (χ3v) is 4.31. The predicted molar refractivity (Wildman–Crippen MR) is 101 cm³/mol. The van der Waals surface area contributed by atoms with Gasteiger partial charge in [0.1, 0.15) is 18.1 Å². The zero-order chi connectivity index (χ0) is 18.4. The lowest BCUT2D eigenvalue weighted by Crippen LogP contribution is -2.20. The third-order valence-electron chi connectivity index (χ3n) is 4.07. The van der Waals surface area contributed by atoms with Crippen LogP contribution >= 0.6 is 11.6 Å². The van der Waals surface area contributed by atoms with E-state index >= 15 is 0 Å². The molecule has 138 valence electrons. The molecule has 1 aliphatic rings. The summed E-state index contributed by atoms with van der Waals surface area (Å²) in [5, 5.41) is 3.45. The summed E-state index contributed by atoms with van der Waals surface area (Å²) in [6.45, 7) is 3.13. The van der Waals surface area contributed by atoms with Gasteiger partial charge in [-0.2, -0.15) is 0 Å². The van der Waals surface area contributed by atoms with Crippen molar-refractivity contribution in [2.24, 2.45) is 0 Å². The molecule has 5 nitrogen and oxygen atoms in total. The number of rotatable bonds is 7. The van der Waals surface area contributed by atoms with Crippen LogP contribution in [0.2, 0.25) is 5.02 Å². The number of aryl methyl sites for hydroxylation is 1. The highest BCUT2D eigenvalue weighted by Gasteiger charge is 2.16. The average Bonchev–Trinajstić information content (AvgIpc) is 3.13. The molecule has 2 aromatic carbocycles. The fourth-order valence-electron chi connectivity index (χ4n) is 2.74. The van der Waals surface area contributed by atoms with E-state index in [4.69, 9.17) is 25.8 Å². The molecular weight excluding hydrogens is 354 g/mol. The molecule has 0 spiro atoms. The van der Waals surface area contributed by atoms with E-state index in [1.165, 1.54) is 0 Å². The largest absolute Gasteiger partial charge is 0.491 e. The van der Waals surface area contributed by atoms with Crippen molar-refractivity contribution in [3.05, 3.63) is 53.1 Å². The average molecular weight is 376 g/mol. The molecule has 26 heavy (non-hydrogen) atoms. The van der Waals surface area contributed by atoms with Crippen LogP contribution < -0.4 is 14.8 Å². The summed E-state index contributed by atoms with van der Waals surface area (Å²) in [5.41, 5.74) is 1.55. The van der Waals surface area contributed by atoms with Gasteiger partial charge in [-0.05, 0) is 55.7 Å². The second kappa shape index (κ2) is 8.92. The van der Waals surface area contributed by atoms with E-state index in [-0.39, 0.29) is 18.6 Å². The molecule has 1 saturated heterocycles. The normalized spacial score (nSPS) is 16.3. The van der Waals surface area contributed by atoms with Crippen LogP contribution in [0, 0.1) is 6.92 Å². The Balaban J connectivity index is 1.49. The van der Waals surface area contributed by atoms with Crippen molar-refractivity contribution >= 4 is 23.2 Å². The molecule has 3 rings (SSSR count). The van der Waals surface area contributed by atoms with Gasteiger partial charge in [-0.3, -0.25) is 4.79 Å². The summed E-state index contributed by atoms with van der Waals surface area (Å²) in [6, 6.07) is 12.6. The first-order valence-corrected chi connectivity index (χ1v) is 9.01. The van der Waals surface area contributed by atoms with Crippen molar-refractivity contribution in [2.45, 2.75) is 25.9 Å². The van der Waals surface area contributed by atoms with Crippen molar-refractivity contribution in [3.8, 4) is 11.5 Å². The molecule has 1 aliphatic heterocycles. The first-order chi connectivity index (χ1) is 12.6. The number of anilines is 1. The molecule has 0 unspecified atom stereocenters. The topological polar surface area (TPSA) is 56.8 Å². The molecule has 1 fully saturated rings. The van der Waals surface area contributed by atoms with Crippen LogP contribution in [0.4, 0.5) is 5.69 Å². The number of amides is 1. The second-order valence-corrected chi connectivity index (χ2v) is 6.66. The van der Waals surface area contributed by atoms with E-state index < -0.39 is 0 Å². The van der Waals surface area contributed by atoms with Crippen molar-refractivity contribution in [2.75, 3.05) is 25.1 Å². The molecule has 0 radical (unpaired) electrons. The van der Waals surface area contributed by atoms with Crippen LogP contribution in [-0.4, -0.2) is 31.8 Å². The highest BCUT2D eigenvalue weighted by atomic mass is 35.5. The van der Waals surface area contributed by atoms with Crippen molar-refractivity contribution in [1.29, 1.82) is 0 Å². The number of hydrogen-bond donors (Lipinski definition) is 1. The summed E-state index contributed by atoms with van der Waals surface area (Å²) in [6.07, 6.45) is 2.26. The number of carbonyl (C=O) groups excluding carboxylic acids is 1. The van der Waals surface area contributed by atoms with E-state index in [1.807, 2.05) is 25.1 Å². The zero-order valence-electron chi connectivity index (χ0n) is 14.7. The Morgan fingerprint density at radius 3 is 2.92 bits per heavy atom. The van der Waals surface area contributed by atoms with Crippen LogP contribution in [0.25, 0.3) is 0 Å². The summed E-state index contributed by atoms with van der Waals surface area (Å²) in [7, 11) is 0. The summed E-state index contributed by atoms with van der Waals surface area (Å²) < 4.78 is 16.8. The minimum Gasteiger partial charge on any atom is -0.491 e. The quantitative estimate of drug-likeness (QED) is 0.787. The molecule has 0 aliphatic carbocycles. The van der Waals surface area contributed by atoms with Crippen molar-refractivity contribution < 1.29 is 19.0 Å². The molecule has 1 heterocycles. The van der Waals surface area contributed by atoms with E-state index in [0.29, 0.717) is 28.8 Å². The molecule has 0 bridgehead atoms. The standard InChI is InChI=1S/C20H22ClNO4/c1-14-10-15(21)7-8-19(14)26-13-20(23)22-16-4-2-5-17(11-16)25-12-18-6-3-9-24-18/h2,4-5,7-8,10-11,18H,3,6,9,12-13H2,1H3,(H,22,23)/t18-/m1/s1. The molecular formula is C20H22ClNO4. The number of nitrogens with one attached hydrogen (secondary N) is 1. The van der Waals surface area contributed by atoms with Gasteiger partial charge in [-0.15, -0.1) is 0 Å². The van der Waals surface area contributed by atoms with Gasteiger partial charge in [0, 0.05) is 23.4 Å². The minimum absolute atomic E-state index is 0.0799. The molecule has 2 aromatic rings. The Morgan fingerprint density at radius 1 is 1.27 bits per heavy atom. The fourth-order valence-corrected chi connectivity index (χ4v) is 2.97. The first kappa shape index (κ1) is 18.5. The fraction of sp³-hybridized carbons (Fsp3) is 0.350. The summed E-state index contributed by atoms with van der Waals surface area (Å²) in [5.74, 6) is 1.10. The van der Waals surface area contributed by atoms with Crippen LogP contribution in [-0.2, 0) is 9.53 Å². The van der Waals surface area contributed by atoms with Gasteiger partial charge < -0.3 is 19.5 Å². The van der Waals surface area contributed by atoms with Gasteiger partial charge in [0.15, 0.2) is 6.61 Å². The van der Waals surface area contributed by atoms with Gasteiger partial charge in [-0.1, -0.05) is 17.7 Å². The zero-order valence-corrected chi connectivity index (χ0v) is 15.4. The van der Waals surface area contributed by atoms with Gasteiger partial charge in [0.2, 0.25) is 0 Å². The lowest BCUT2D eigenvalue weighted by atomic mass is 10.2. The monoisotopic (exact) mass is 375 g/mol. The van der Waals surface area contributed by atoms with Gasteiger partial charge >= 0.3 is 0 Å². The molecule has 0 saturated carbocycles. The Hall–Kier alpha value is -2.24. The highest BCUT2D eigenvalue weighted by Crippen LogP contribution is 2.22. The first-order valence-electron chi connectivity index (χ1n) is 8.63. The van der Waals surface area contributed by atoms with Crippen LogP contribution in [0.3, 0.4) is 0 Å². The van der Waals surface area contributed by atoms with E-state index in [9.17, 15) is 4.79 Å². The SMILES string of the molecule is Cc1cc(Cl)ccc1OCC(=O)Nc1cccc(OC[C@H]2CCCO2)c1. The third kappa shape index (κ3) is 5.38. The maximum atomic E-state index is 12.1. The Kier molecular flexibility index (Phi) is 6.36. The lowest BCUT2D eigenvalue weighted by Gasteiger charge is -2.13. The number of carbonyl (C=O) groups is 1. The van der Waals surface area contributed by atoms with Crippen LogP contribution in [0.5, 0.6) is 11.5 Å². The Bertz CT molecular complexity index is 759. The van der Waals surface area contributed by atoms with E-state index in [0.717, 1.165) is 25.0 Å². The maximum absolute atomic E-state index is 12.1. The number of hydrogen-bond acceptors (Lipinski definition) is 4. The predicted octanol–water partition coefficient (Wildman–Crippen LogP) is 4.22. The Morgan fingerprint density at radius 2 is 2.15 bits per heavy atom. The van der Waals surface area contributed by atoms with Crippen LogP contribution in [0.1, 0.15) is 18.4 Å². The summed E-state index contributed by atoms with van der Waals surface area (Å²) in [4.78, 5) is 12.1. The number of halogens is 1. The van der Waals surface area contributed by atoms with Gasteiger partial charge in [0.25, 0.3) is 5.91 Å². The molecule has 1 amide bonds. The van der Waals surface area contributed by atoms with Gasteiger partial charge in [-0.25, -0.2) is 0 Å². The number of ether oxygens (including phenoxy) is 3. The molecule has 0 aromatic heterocycles. The van der Waals surface area contributed by atoms with Crippen LogP contribution in [0.15, 0.2) is 42.5 Å². The molecule has 1 N–H and O–H groups in total. The second-order valence-electron chi connectivity index (χ2n) is 6.22. The maximum Gasteiger partial charge on any atom is 0.262 e. The smallest absolute Gasteiger partial charge is 0.262 e. The number of benzene rings is 2. The summed E-state index contributed by atoms with van der Waals surface area (Å²) >= 11 is 5.91. The van der Waals surface area contributed by atoms with E-state index in [1.54, 1.807) is 24.3 Å². The lowest BCUT2D eigenvalue weighted by molar-refractivity contribution is -0.118. The highest BCUT2D eigenvalue weighted by molar-refractivity contribution is 6.30.